The lowest BCUT2D eigenvalue weighted by Crippen LogP contribution is -2.43. The van der Waals surface area contributed by atoms with Gasteiger partial charge in [-0.3, -0.25) is 9.69 Å². The first-order valence-electron chi connectivity index (χ1n) is 7.47. The molecule has 2 heterocycles. The summed E-state index contributed by atoms with van der Waals surface area (Å²) in [5.74, 6) is -0.0306. The van der Waals surface area contributed by atoms with Gasteiger partial charge in [0.25, 0.3) is 0 Å². The average molecular weight is 319 g/mol. The highest BCUT2D eigenvalue weighted by Gasteiger charge is 2.14. The molecule has 0 saturated carbocycles. The molecule has 1 aliphatic rings. The molecule has 2 rings (SSSR count). The number of rotatable bonds is 7. The fraction of sp³-hybridized carbons (Fsp3) is 0.500. The van der Waals surface area contributed by atoms with Crippen LogP contribution in [0, 0.1) is 11.3 Å². The highest BCUT2D eigenvalue weighted by Crippen LogP contribution is 2.10. The Labute approximate surface area is 135 Å². The summed E-state index contributed by atoms with van der Waals surface area (Å²) in [5, 5.41) is 10.7. The van der Waals surface area contributed by atoms with Gasteiger partial charge >= 0.3 is 0 Å². The first-order valence-corrected chi connectivity index (χ1v) is 8.35. The average Bonchev–Trinajstić information content (AvgIpc) is 3.07. The predicted molar refractivity (Wildman–Crippen MR) is 87.4 cm³/mol. The van der Waals surface area contributed by atoms with Gasteiger partial charge in [0.15, 0.2) is 0 Å². The van der Waals surface area contributed by atoms with E-state index in [0.717, 1.165) is 37.7 Å². The van der Waals surface area contributed by atoms with Crippen LogP contribution in [0.1, 0.15) is 11.3 Å². The number of thiophene rings is 1. The maximum absolute atomic E-state index is 12.3. The monoisotopic (exact) mass is 319 g/mol. The molecule has 22 heavy (non-hydrogen) atoms. The molecular weight excluding hydrogens is 298 g/mol. The van der Waals surface area contributed by atoms with Crippen LogP contribution in [0.4, 0.5) is 0 Å². The summed E-state index contributed by atoms with van der Waals surface area (Å²) in [4.78, 5) is 17.4. The van der Waals surface area contributed by atoms with Crippen LogP contribution in [-0.4, -0.2) is 61.6 Å². The summed E-state index contributed by atoms with van der Waals surface area (Å²) in [5.41, 5.74) is 0. The molecular formula is C16H21N3O2S. The SMILES string of the molecule is N#CCCN(CCN1CCOCC1)C(=O)C=Cc1cccs1. The summed E-state index contributed by atoms with van der Waals surface area (Å²) in [7, 11) is 0. The Kier molecular flexibility index (Phi) is 7.10. The van der Waals surface area contributed by atoms with Crippen LogP contribution >= 0.6 is 11.3 Å². The topological polar surface area (TPSA) is 56.6 Å². The largest absolute Gasteiger partial charge is 0.379 e. The third kappa shape index (κ3) is 5.60. The normalized spacial score (nSPS) is 15.8. The van der Waals surface area contributed by atoms with Crippen molar-refractivity contribution in [2.75, 3.05) is 45.9 Å². The van der Waals surface area contributed by atoms with Gasteiger partial charge in [0.1, 0.15) is 0 Å². The molecule has 0 N–H and O–H groups in total. The minimum Gasteiger partial charge on any atom is -0.379 e. The molecule has 0 radical (unpaired) electrons. The fourth-order valence-electron chi connectivity index (χ4n) is 2.25. The van der Waals surface area contributed by atoms with E-state index >= 15 is 0 Å². The molecule has 0 unspecified atom stereocenters. The van der Waals surface area contributed by atoms with Crippen molar-refractivity contribution in [2.45, 2.75) is 6.42 Å². The lowest BCUT2D eigenvalue weighted by molar-refractivity contribution is -0.126. The van der Waals surface area contributed by atoms with Crippen LogP contribution in [0.2, 0.25) is 0 Å². The smallest absolute Gasteiger partial charge is 0.246 e. The predicted octanol–water partition coefficient (Wildman–Crippen LogP) is 1.84. The van der Waals surface area contributed by atoms with E-state index in [1.807, 2.05) is 23.6 Å². The summed E-state index contributed by atoms with van der Waals surface area (Å²) < 4.78 is 5.32. The van der Waals surface area contributed by atoms with E-state index in [4.69, 9.17) is 10.00 Å². The molecule has 0 aliphatic carbocycles. The van der Waals surface area contributed by atoms with Crippen molar-refractivity contribution in [2.24, 2.45) is 0 Å². The number of hydrogen-bond donors (Lipinski definition) is 0. The number of nitrogens with zero attached hydrogens (tertiary/aromatic N) is 3. The standard InChI is InChI=1S/C16H21N3O2S/c17-6-2-7-19(9-8-18-10-12-21-13-11-18)16(20)5-4-15-3-1-14-22-15/h1,3-5,14H,2,7-13H2. The van der Waals surface area contributed by atoms with Crippen LogP contribution in [0.5, 0.6) is 0 Å². The molecule has 5 nitrogen and oxygen atoms in total. The van der Waals surface area contributed by atoms with E-state index in [-0.39, 0.29) is 5.91 Å². The van der Waals surface area contributed by atoms with Gasteiger partial charge < -0.3 is 9.64 Å². The zero-order valence-corrected chi connectivity index (χ0v) is 13.4. The highest BCUT2D eigenvalue weighted by atomic mass is 32.1. The van der Waals surface area contributed by atoms with Crippen LogP contribution in [0.3, 0.4) is 0 Å². The van der Waals surface area contributed by atoms with Crippen molar-refractivity contribution < 1.29 is 9.53 Å². The van der Waals surface area contributed by atoms with Gasteiger partial charge in [-0.1, -0.05) is 6.07 Å². The second-order valence-electron chi connectivity index (χ2n) is 5.04. The molecule has 1 aromatic rings. The van der Waals surface area contributed by atoms with Gasteiger partial charge in [0, 0.05) is 43.7 Å². The maximum atomic E-state index is 12.3. The Hall–Kier alpha value is -1.68. The molecule has 1 aliphatic heterocycles. The van der Waals surface area contributed by atoms with Crippen LogP contribution in [0.25, 0.3) is 6.08 Å². The number of morpholine rings is 1. The number of amides is 1. The quantitative estimate of drug-likeness (QED) is 0.720. The number of ether oxygens (including phenoxy) is 1. The molecule has 0 atom stereocenters. The minimum absolute atomic E-state index is 0.0306. The van der Waals surface area contributed by atoms with Gasteiger partial charge in [-0.15, -0.1) is 11.3 Å². The highest BCUT2D eigenvalue weighted by molar-refractivity contribution is 7.10. The van der Waals surface area contributed by atoms with E-state index in [1.54, 1.807) is 22.3 Å². The molecule has 1 saturated heterocycles. The zero-order valence-electron chi connectivity index (χ0n) is 12.6. The van der Waals surface area contributed by atoms with E-state index in [1.165, 1.54) is 0 Å². The number of carbonyl (C=O) groups is 1. The van der Waals surface area contributed by atoms with Crippen molar-refractivity contribution in [3.05, 3.63) is 28.5 Å². The third-order valence-electron chi connectivity index (χ3n) is 3.53. The van der Waals surface area contributed by atoms with Crippen LogP contribution in [-0.2, 0) is 9.53 Å². The number of carbonyl (C=O) groups excluding carboxylic acids is 1. The van der Waals surface area contributed by atoms with E-state index < -0.39 is 0 Å². The first-order chi connectivity index (χ1) is 10.8. The van der Waals surface area contributed by atoms with Gasteiger partial charge in [-0.25, -0.2) is 0 Å². The molecule has 0 aromatic carbocycles. The summed E-state index contributed by atoms with van der Waals surface area (Å²) in [6, 6.07) is 6.04. The second kappa shape index (κ2) is 9.36. The molecule has 1 fully saturated rings. The maximum Gasteiger partial charge on any atom is 0.246 e. The molecule has 0 bridgehead atoms. The van der Waals surface area contributed by atoms with Crippen molar-refractivity contribution in [3.63, 3.8) is 0 Å². The summed E-state index contributed by atoms with van der Waals surface area (Å²) >= 11 is 1.60. The van der Waals surface area contributed by atoms with E-state index in [2.05, 4.69) is 11.0 Å². The molecule has 1 aromatic heterocycles. The van der Waals surface area contributed by atoms with Crippen molar-refractivity contribution in [1.29, 1.82) is 5.26 Å². The Bertz CT molecular complexity index is 516. The van der Waals surface area contributed by atoms with Crippen molar-refractivity contribution in [3.8, 4) is 6.07 Å². The van der Waals surface area contributed by atoms with Crippen LogP contribution in [0.15, 0.2) is 23.6 Å². The minimum atomic E-state index is -0.0306. The Balaban J connectivity index is 1.86. The third-order valence-corrected chi connectivity index (χ3v) is 4.37. The molecule has 1 amide bonds. The molecule has 6 heteroatoms. The number of hydrogen-bond acceptors (Lipinski definition) is 5. The second-order valence-corrected chi connectivity index (χ2v) is 6.02. The van der Waals surface area contributed by atoms with Gasteiger partial charge in [0.05, 0.1) is 25.7 Å². The first kappa shape index (κ1) is 16.7. The van der Waals surface area contributed by atoms with Crippen LogP contribution < -0.4 is 0 Å². The zero-order chi connectivity index (χ0) is 15.6. The lowest BCUT2D eigenvalue weighted by atomic mass is 10.3. The van der Waals surface area contributed by atoms with Gasteiger partial charge in [-0.05, 0) is 17.5 Å². The van der Waals surface area contributed by atoms with Gasteiger partial charge in [-0.2, -0.15) is 5.26 Å². The summed E-state index contributed by atoms with van der Waals surface area (Å²) in [6.07, 6.45) is 3.80. The van der Waals surface area contributed by atoms with Gasteiger partial charge in [0.2, 0.25) is 5.91 Å². The lowest BCUT2D eigenvalue weighted by Gasteiger charge is -2.29. The van der Waals surface area contributed by atoms with Crippen molar-refractivity contribution >= 4 is 23.3 Å². The fourth-order valence-corrected chi connectivity index (χ4v) is 2.87. The van der Waals surface area contributed by atoms with E-state index in [9.17, 15) is 4.79 Å². The Morgan fingerprint density at radius 3 is 2.95 bits per heavy atom. The number of nitriles is 1. The molecule has 0 spiro atoms. The Morgan fingerprint density at radius 1 is 1.45 bits per heavy atom. The summed E-state index contributed by atoms with van der Waals surface area (Å²) in [6.45, 7) is 5.28. The Morgan fingerprint density at radius 2 is 2.27 bits per heavy atom. The molecule has 118 valence electrons. The van der Waals surface area contributed by atoms with Crippen molar-refractivity contribution in [1.82, 2.24) is 9.80 Å². The van der Waals surface area contributed by atoms with E-state index in [0.29, 0.717) is 19.5 Å².